The normalized spacial score (nSPS) is 11.5. The zero-order chi connectivity index (χ0) is 13.3. The molecule has 0 amide bonds. The molecule has 1 aromatic carbocycles. The fourth-order valence-corrected chi connectivity index (χ4v) is 4.13. The first kappa shape index (κ1) is 13.9. The third kappa shape index (κ3) is 2.56. The van der Waals surface area contributed by atoms with E-state index in [1.807, 2.05) is 0 Å². The summed E-state index contributed by atoms with van der Waals surface area (Å²) >= 11 is 10.4. The maximum atomic E-state index is 12.3. The minimum Gasteiger partial charge on any atom is -0.269 e. The van der Waals surface area contributed by atoms with Gasteiger partial charge < -0.3 is 0 Å². The summed E-state index contributed by atoms with van der Waals surface area (Å²) in [6.45, 7) is 0. The molecule has 0 radical (unpaired) electrons. The third-order valence-corrected chi connectivity index (χ3v) is 6.77. The van der Waals surface area contributed by atoms with Gasteiger partial charge in [-0.05, 0) is 45.6 Å². The fraction of sp³-hybridized carbons (Fsp3) is 0.0909. The number of thiophene rings is 1. The van der Waals surface area contributed by atoms with Crippen LogP contribution >= 0.6 is 38.9 Å². The Labute approximate surface area is 123 Å². The quantitative estimate of drug-likeness (QED) is 0.823. The Morgan fingerprint density at radius 1 is 1.33 bits per heavy atom. The zero-order valence-corrected chi connectivity index (χ0v) is 13.3. The minimum absolute atomic E-state index is 0.309. The third-order valence-electron chi connectivity index (χ3n) is 2.38. The fourth-order valence-electron chi connectivity index (χ4n) is 1.36. The molecular formula is C11H9BrClNO2S2. The van der Waals surface area contributed by atoms with Gasteiger partial charge in [-0.3, -0.25) is 4.31 Å². The molecule has 0 aliphatic rings. The monoisotopic (exact) mass is 365 g/mol. The van der Waals surface area contributed by atoms with Crippen molar-refractivity contribution in [3.05, 3.63) is 45.2 Å². The molecular weight excluding hydrogens is 358 g/mol. The van der Waals surface area contributed by atoms with Crippen molar-refractivity contribution in [2.24, 2.45) is 0 Å². The molecule has 0 saturated heterocycles. The van der Waals surface area contributed by atoms with Gasteiger partial charge in [0, 0.05) is 11.5 Å². The average Bonchev–Trinajstić information content (AvgIpc) is 2.86. The lowest BCUT2D eigenvalue weighted by atomic mass is 10.3. The summed E-state index contributed by atoms with van der Waals surface area (Å²) < 4.78 is 26.8. The smallest absolute Gasteiger partial charge is 0.269 e. The molecule has 0 atom stereocenters. The summed E-state index contributed by atoms with van der Waals surface area (Å²) in [7, 11) is -1.99. The maximum Gasteiger partial charge on any atom is 0.273 e. The summed E-state index contributed by atoms with van der Waals surface area (Å²) in [5.41, 5.74) is 0.525. The van der Waals surface area contributed by atoms with Gasteiger partial charge in [-0.15, -0.1) is 11.3 Å². The number of anilines is 1. The minimum atomic E-state index is -3.50. The van der Waals surface area contributed by atoms with E-state index in [0.29, 0.717) is 14.9 Å². The van der Waals surface area contributed by atoms with Crippen molar-refractivity contribution in [3.63, 3.8) is 0 Å². The topological polar surface area (TPSA) is 37.4 Å². The number of hydrogen-bond acceptors (Lipinski definition) is 3. The molecule has 18 heavy (non-hydrogen) atoms. The highest BCUT2D eigenvalue weighted by Gasteiger charge is 2.22. The molecule has 2 rings (SSSR count). The SMILES string of the molecule is CN(c1ccc(Br)c(Cl)c1)S(=O)(=O)c1cccs1. The Bertz CT molecular complexity index is 656. The molecule has 0 unspecified atom stereocenters. The molecule has 0 bridgehead atoms. The first-order chi connectivity index (χ1) is 8.43. The Hall–Kier alpha value is -0.560. The number of hydrogen-bond donors (Lipinski definition) is 0. The lowest BCUT2D eigenvalue weighted by Crippen LogP contribution is -2.25. The van der Waals surface area contributed by atoms with E-state index in [0.717, 1.165) is 4.47 Å². The Morgan fingerprint density at radius 2 is 2.06 bits per heavy atom. The van der Waals surface area contributed by atoms with Crippen LogP contribution in [0.2, 0.25) is 5.02 Å². The second-order valence-electron chi connectivity index (χ2n) is 3.50. The van der Waals surface area contributed by atoms with E-state index in [9.17, 15) is 8.42 Å². The van der Waals surface area contributed by atoms with Crippen molar-refractivity contribution < 1.29 is 8.42 Å². The van der Waals surface area contributed by atoms with Crippen molar-refractivity contribution >= 4 is 54.6 Å². The van der Waals surface area contributed by atoms with Crippen LogP contribution in [0.5, 0.6) is 0 Å². The summed E-state index contributed by atoms with van der Waals surface area (Å²) in [5.74, 6) is 0. The van der Waals surface area contributed by atoms with Crippen LogP contribution in [0.15, 0.2) is 44.4 Å². The maximum absolute atomic E-state index is 12.3. The van der Waals surface area contributed by atoms with Crippen molar-refractivity contribution in [2.75, 3.05) is 11.4 Å². The van der Waals surface area contributed by atoms with E-state index in [2.05, 4.69) is 15.9 Å². The van der Waals surface area contributed by atoms with Crippen LogP contribution in [0.4, 0.5) is 5.69 Å². The van der Waals surface area contributed by atoms with Gasteiger partial charge in [0.1, 0.15) is 4.21 Å². The molecule has 0 spiro atoms. The van der Waals surface area contributed by atoms with Gasteiger partial charge in [0.15, 0.2) is 0 Å². The van der Waals surface area contributed by atoms with Crippen LogP contribution in [-0.2, 0) is 10.0 Å². The van der Waals surface area contributed by atoms with Crippen LogP contribution in [0, 0.1) is 0 Å². The van der Waals surface area contributed by atoms with Crippen molar-refractivity contribution in [1.29, 1.82) is 0 Å². The van der Waals surface area contributed by atoms with Gasteiger partial charge in [0.2, 0.25) is 0 Å². The largest absolute Gasteiger partial charge is 0.273 e. The summed E-state index contributed by atoms with van der Waals surface area (Å²) in [6, 6.07) is 8.31. The molecule has 7 heteroatoms. The van der Waals surface area contributed by atoms with Crippen LogP contribution in [-0.4, -0.2) is 15.5 Å². The van der Waals surface area contributed by atoms with E-state index < -0.39 is 10.0 Å². The van der Waals surface area contributed by atoms with Crippen molar-refractivity contribution in [2.45, 2.75) is 4.21 Å². The highest BCUT2D eigenvalue weighted by molar-refractivity contribution is 9.10. The first-order valence-corrected chi connectivity index (χ1v) is 8.39. The van der Waals surface area contributed by atoms with E-state index in [1.54, 1.807) is 35.7 Å². The lowest BCUT2D eigenvalue weighted by Gasteiger charge is -2.18. The Kier molecular flexibility index (Phi) is 4.01. The average molecular weight is 367 g/mol. The second kappa shape index (κ2) is 5.21. The highest BCUT2D eigenvalue weighted by Crippen LogP contribution is 2.30. The molecule has 96 valence electrons. The van der Waals surface area contributed by atoms with Crippen molar-refractivity contribution in [3.8, 4) is 0 Å². The number of sulfonamides is 1. The van der Waals surface area contributed by atoms with Gasteiger partial charge in [0.05, 0.1) is 10.7 Å². The van der Waals surface area contributed by atoms with E-state index in [1.165, 1.54) is 22.7 Å². The first-order valence-electron chi connectivity index (χ1n) is 4.90. The predicted molar refractivity (Wildman–Crippen MR) is 79.1 cm³/mol. The second-order valence-corrected chi connectivity index (χ2v) is 7.91. The van der Waals surface area contributed by atoms with Crippen LogP contribution in [0.1, 0.15) is 0 Å². The molecule has 1 aromatic heterocycles. The van der Waals surface area contributed by atoms with Crippen LogP contribution in [0.3, 0.4) is 0 Å². The molecule has 2 aromatic rings. The van der Waals surface area contributed by atoms with Gasteiger partial charge >= 0.3 is 0 Å². The van der Waals surface area contributed by atoms with E-state index >= 15 is 0 Å². The lowest BCUT2D eigenvalue weighted by molar-refractivity contribution is 0.596. The molecule has 0 fully saturated rings. The van der Waals surface area contributed by atoms with E-state index in [-0.39, 0.29) is 0 Å². The zero-order valence-electron chi connectivity index (χ0n) is 9.30. The standard InChI is InChI=1S/C11H9BrClNO2S2/c1-14(8-4-5-9(12)10(13)7-8)18(15,16)11-3-2-6-17-11/h2-7H,1H3. The molecule has 0 saturated carbocycles. The number of halogens is 2. The Morgan fingerprint density at radius 3 is 2.61 bits per heavy atom. The van der Waals surface area contributed by atoms with Gasteiger partial charge in [-0.2, -0.15) is 0 Å². The highest BCUT2D eigenvalue weighted by atomic mass is 79.9. The van der Waals surface area contributed by atoms with Gasteiger partial charge in [-0.1, -0.05) is 17.7 Å². The van der Waals surface area contributed by atoms with Crippen LogP contribution in [0.25, 0.3) is 0 Å². The van der Waals surface area contributed by atoms with Crippen LogP contribution < -0.4 is 4.31 Å². The number of benzene rings is 1. The molecule has 3 nitrogen and oxygen atoms in total. The summed E-state index contributed by atoms with van der Waals surface area (Å²) in [6.07, 6.45) is 0. The summed E-state index contributed by atoms with van der Waals surface area (Å²) in [5, 5.41) is 2.20. The van der Waals surface area contributed by atoms with Gasteiger partial charge in [0.25, 0.3) is 10.0 Å². The molecule has 0 N–H and O–H groups in total. The number of rotatable bonds is 3. The van der Waals surface area contributed by atoms with Gasteiger partial charge in [-0.25, -0.2) is 8.42 Å². The van der Waals surface area contributed by atoms with E-state index in [4.69, 9.17) is 11.6 Å². The summed E-state index contributed by atoms with van der Waals surface area (Å²) in [4.78, 5) is 0. The molecule has 0 aliphatic carbocycles. The number of nitrogens with zero attached hydrogens (tertiary/aromatic N) is 1. The predicted octanol–water partition coefficient (Wildman–Crippen LogP) is 3.99. The molecule has 0 aliphatic heterocycles. The molecule has 1 heterocycles. The van der Waals surface area contributed by atoms with Crippen molar-refractivity contribution in [1.82, 2.24) is 0 Å². The Balaban J connectivity index is 2.43.